The Morgan fingerprint density at radius 1 is 1.32 bits per heavy atom. The number of halogens is 1. The summed E-state index contributed by atoms with van der Waals surface area (Å²) in [6.07, 6.45) is 2.02. The average molecular weight is 366 g/mol. The molecule has 3 rings (SSSR count). The Balaban J connectivity index is 1.69. The molecule has 0 saturated carbocycles. The topological polar surface area (TPSA) is 79.6 Å². The molecule has 0 unspecified atom stereocenters. The Labute approximate surface area is 145 Å². The number of carbonyl (C=O) groups is 1. The van der Waals surface area contributed by atoms with Crippen LogP contribution in [0.25, 0.3) is 0 Å². The van der Waals surface area contributed by atoms with E-state index >= 15 is 0 Å². The normalized spacial score (nSPS) is 19.2. The lowest BCUT2D eigenvalue weighted by molar-refractivity contribution is -0.118. The molecule has 1 atom stereocenters. The van der Waals surface area contributed by atoms with Crippen molar-refractivity contribution in [3.05, 3.63) is 54.2 Å². The third-order valence-electron chi connectivity index (χ3n) is 4.12. The van der Waals surface area contributed by atoms with Gasteiger partial charge in [0.15, 0.2) is 9.84 Å². The zero-order valence-corrected chi connectivity index (χ0v) is 14.3. The van der Waals surface area contributed by atoms with E-state index in [-0.39, 0.29) is 30.0 Å². The fraction of sp³-hybridized carbons (Fsp3) is 0.353. The molecule has 1 N–H and O–H groups in total. The van der Waals surface area contributed by atoms with E-state index in [1.54, 1.807) is 23.1 Å². The second-order valence-electron chi connectivity index (χ2n) is 6.10. The van der Waals surface area contributed by atoms with Gasteiger partial charge in [-0.3, -0.25) is 9.69 Å². The Hall–Kier alpha value is -2.19. The summed E-state index contributed by atoms with van der Waals surface area (Å²) in [7, 11) is -3.07. The van der Waals surface area contributed by atoms with Crippen molar-refractivity contribution in [1.29, 1.82) is 0 Å². The van der Waals surface area contributed by atoms with Crippen molar-refractivity contribution in [2.24, 2.45) is 0 Å². The highest BCUT2D eigenvalue weighted by molar-refractivity contribution is 7.91. The summed E-state index contributed by atoms with van der Waals surface area (Å²) >= 11 is 0. The van der Waals surface area contributed by atoms with Crippen LogP contribution in [-0.2, 0) is 21.2 Å². The van der Waals surface area contributed by atoms with Crippen LogP contribution in [0.4, 0.5) is 10.1 Å². The molecular formula is C17H19FN2O4S. The van der Waals surface area contributed by atoms with Gasteiger partial charge in [0, 0.05) is 11.7 Å². The summed E-state index contributed by atoms with van der Waals surface area (Å²) in [6, 6.07) is 8.91. The maximum atomic E-state index is 13.2. The van der Waals surface area contributed by atoms with E-state index in [9.17, 15) is 17.6 Å². The van der Waals surface area contributed by atoms with Gasteiger partial charge in [-0.05, 0) is 36.8 Å². The van der Waals surface area contributed by atoms with Crippen molar-refractivity contribution < 1.29 is 22.0 Å². The Morgan fingerprint density at radius 3 is 2.80 bits per heavy atom. The van der Waals surface area contributed by atoms with Gasteiger partial charge in [0.2, 0.25) is 5.91 Å². The number of rotatable bonds is 6. The first-order valence-corrected chi connectivity index (χ1v) is 9.76. The zero-order chi connectivity index (χ0) is 17.9. The van der Waals surface area contributed by atoms with E-state index in [0.717, 1.165) is 0 Å². The average Bonchev–Trinajstić information content (AvgIpc) is 3.16. The van der Waals surface area contributed by atoms with Crippen LogP contribution in [-0.4, -0.2) is 43.3 Å². The molecule has 134 valence electrons. The van der Waals surface area contributed by atoms with Gasteiger partial charge in [0.1, 0.15) is 11.6 Å². The molecular weight excluding hydrogens is 347 g/mol. The Bertz CT molecular complexity index is 836. The number of benzene rings is 1. The molecule has 1 amide bonds. The first kappa shape index (κ1) is 17.6. The molecule has 6 nitrogen and oxygen atoms in total. The van der Waals surface area contributed by atoms with E-state index in [4.69, 9.17) is 4.42 Å². The van der Waals surface area contributed by atoms with E-state index in [0.29, 0.717) is 24.4 Å². The van der Waals surface area contributed by atoms with Crippen molar-refractivity contribution >= 4 is 21.4 Å². The number of anilines is 1. The third-order valence-corrected chi connectivity index (χ3v) is 5.87. The summed E-state index contributed by atoms with van der Waals surface area (Å²) in [6.45, 7) is 0.334. The summed E-state index contributed by atoms with van der Waals surface area (Å²) in [5, 5.41) is 2.64. The smallest absolute Gasteiger partial charge is 0.238 e. The number of sulfone groups is 1. The molecule has 0 spiro atoms. The first-order chi connectivity index (χ1) is 11.9. The summed E-state index contributed by atoms with van der Waals surface area (Å²) in [4.78, 5) is 14.1. The highest BCUT2D eigenvalue weighted by Crippen LogP contribution is 2.20. The number of hydrogen-bond acceptors (Lipinski definition) is 5. The van der Waals surface area contributed by atoms with Gasteiger partial charge in [-0.25, -0.2) is 12.8 Å². The summed E-state index contributed by atoms with van der Waals surface area (Å²) in [5.74, 6) is 0.0372. The van der Waals surface area contributed by atoms with Gasteiger partial charge in [0.05, 0.1) is 30.9 Å². The fourth-order valence-electron chi connectivity index (χ4n) is 2.93. The summed E-state index contributed by atoms with van der Waals surface area (Å²) in [5.41, 5.74) is 0.363. The number of hydrogen-bond donors (Lipinski definition) is 1. The van der Waals surface area contributed by atoms with Crippen LogP contribution < -0.4 is 5.32 Å². The van der Waals surface area contributed by atoms with Crippen molar-refractivity contribution in [3.63, 3.8) is 0 Å². The van der Waals surface area contributed by atoms with Gasteiger partial charge in [0.25, 0.3) is 0 Å². The van der Waals surface area contributed by atoms with Gasteiger partial charge in [-0.15, -0.1) is 0 Å². The molecule has 0 radical (unpaired) electrons. The van der Waals surface area contributed by atoms with Crippen LogP contribution in [0.15, 0.2) is 47.1 Å². The SMILES string of the molecule is O=C(CN(Cc1ccco1)[C@H]1CCS(=O)(=O)C1)Nc1cccc(F)c1. The predicted molar refractivity (Wildman–Crippen MR) is 91.2 cm³/mol. The van der Waals surface area contributed by atoms with Gasteiger partial charge >= 0.3 is 0 Å². The lowest BCUT2D eigenvalue weighted by Crippen LogP contribution is -2.41. The largest absolute Gasteiger partial charge is 0.468 e. The molecule has 1 aromatic heterocycles. The molecule has 1 aromatic carbocycles. The Morgan fingerprint density at radius 2 is 2.16 bits per heavy atom. The second kappa shape index (κ2) is 7.37. The van der Waals surface area contributed by atoms with Crippen molar-refractivity contribution in [1.82, 2.24) is 4.90 Å². The van der Waals surface area contributed by atoms with Crippen LogP contribution in [0, 0.1) is 5.82 Å². The van der Waals surface area contributed by atoms with Crippen molar-refractivity contribution in [3.8, 4) is 0 Å². The maximum absolute atomic E-state index is 13.2. The second-order valence-corrected chi connectivity index (χ2v) is 8.33. The van der Waals surface area contributed by atoms with E-state index in [1.807, 2.05) is 0 Å². The molecule has 1 aliphatic rings. The van der Waals surface area contributed by atoms with Crippen LogP contribution in [0.5, 0.6) is 0 Å². The summed E-state index contributed by atoms with van der Waals surface area (Å²) < 4.78 is 42.1. The van der Waals surface area contributed by atoms with Crippen LogP contribution in [0.3, 0.4) is 0 Å². The molecule has 0 aliphatic carbocycles. The fourth-order valence-corrected chi connectivity index (χ4v) is 4.69. The van der Waals surface area contributed by atoms with Gasteiger partial charge < -0.3 is 9.73 Å². The van der Waals surface area contributed by atoms with Crippen LogP contribution >= 0.6 is 0 Å². The highest BCUT2D eigenvalue weighted by atomic mass is 32.2. The standard InChI is InChI=1S/C17H19FN2O4S/c18-13-3-1-4-14(9-13)19-17(21)11-20(10-16-5-2-7-24-16)15-6-8-25(22,23)12-15/h1-5,7,9,15H,6,8,10-12H2,(H,19,21)/t15-/m0/s1. The van der Waals surface area contributed by atoms with Crippen LogP contribution in [0.2, 0.25) is 0 Å². The molecule has 8 heteroatoms. The Kier molecular flexibility index (Phi) is 5.19. The predicted octanol–water partition coefficient (Wildman–Crippen LogP) is 2.05. The van der Waals surface area contributed by atoms with E-state index in [1.165, 1.54) is 24.5 Å². The number of nitrogens with zero attached hydrogens (tertiary/aromatic N) is 1. The number of furan rings is 1. The number of nitrogens with one attached hydrogen (secondary N) is 1. The number of carbonyl (C=O) groups excluding carboxylic acids is 1. The minimum atomic E-state index is -3.07. The quantitative estimate of drug-likeness (QED) is 0.846. The zero-order valence-electron chi connectivity index (χ0n) is 13.5. The van der Waals surface area contributed by atoms with E-state index in [2.05, 4.69) is 5.32 Å². The first-order valence-electron chi connectivity index (χ1n) is 7.93. The molecule has 2 heterocycles. The third kappa shape index (κ3) is 4.90. The minimum absolute atomic E-state index is 0.00258. The van der Waals surface area contributed by atoms with Crippen LogP contribution in [0.1, 0.15) is 12.2 Å². The minimum Gasteiger partial charge on any atom is -0.468 e. The number of amides is 1. The molecule has 25 heavy (non-hydrogen) atoms. The lowest BCUT2D eigenvalue weighted by atomic mass is 10.2. The van der Waals surface area contributed by atoms with E-state index < -0.39 is 15.7 Å². The van der Waals surface area contributed by atoms with Crippen molar-refractivity contribution in [2.45, 2.75) is 19.0 Å². The highest BCUT2D eigenvalue weighted by Gasteiger charge is 2.33. The monoisotopic (exact) mass is 366 g/mol. The van der Waals surface area contributed by atoms with Gasteiger partial charge in [-0.2, -0.15) is 0 Å². The molecule has 1 aliphatic heterocycles. The molecule has 1 saturated heterocycles. The maximum Gasteiger partial charge on any atom is 0.238 e. The molecule has 0 bridgehead atoms. The lowest BCUT2D eigenvalue weighted by Gasteiger charge is -2.26. The molecule has 1 fully saturated rings. The van der Waals surface area contributed by atoms with Gasteiger partial charge in [-0.1, -0.05) is 6.07 Å². The molecule has 2 aromatic rings. The van der Waals surface area contributed by atoms with Crippen molar-refractivity contribution in [2.75, 3.05) is 23.4 Å².